The number of nitrogens with zero attached hydrogens (tertiary/aromatic N) is 2. The monoisotopic (exact) mass is 290 g/mol. The average molecular weight is 290 g/mol. The van der Waals surface area contributed by atoms with E-state index in [4.69, 9.17) is 5.73 Å². The van der Waals surface area contributed by atoms with E-state index in [9.17, 15) is 9.59 Å². The Morgan fingerprint density at radius 1 is 1.38 bits per heavy atom. The molecule has 1 aromatic rings. The second kappa shape index (κ2) is 5.73. The first kappa shape index (κ1) is 15.3. The molecule has 6 heteroatoms. The molecule has 0 saturated carbocycles. The molecule has 0 bridgehead atoms. The number of anilines is 1. The Balaban J connectivity index is 2.14. The van der Waals surface area contributed by atoms with Crippen molar-refractivity contribution in [3.8, 4) is 0 Å². The van der Waals surface area contributed by atoms with Crippen LogP contribution in [0.3, 0.4) is 0 Å². The van der Waals surface area contributed by atoms with Crippen LogP contribution in [0.5, 0.6) is 0 Å². The zero-order valence-electron chi connectivity index (χ0n) is 12.7. The summed E-state index contributed by atoms with van der Waals surface area (Å²) in [6, 6.07) is 7.12. The van der Waals surface area contributed by atoms with E-state index in [1.807, 2.05) is 24.3 Å². The van der Waals surface area contributed by atoms with Gasteiger partial charge in [0.2, 0.25) is 5.91 Å². The van der Waals surface area contributed by atoms with E-state index in [0.29, 0.717) is 25.3 Å². The van der Waals surface area contributed by atoms with Crippen molar-refractivity contribution in [2.24, 2.45) is 5.73 Å². The van der Waals surface area contributed by atoms with Crippen LogP contribution in [0.4, 0.5) is 10.5 Å². The number of urea groups is 1. The molecule has 1 saturated heterocycles. The largest absolute Gasteiger partial charge is 0.342 e. The van der Waals surface area contributed by atoms with E-state index in [-0.39, 0.29) is 11.9 Å². The average Bonchev–Trinajstić information content (AvgIpc) is 2.45. The molecule has 2 rings (SSSR count). The van der Waals surface area contributed by atoms with Gasteiger partial charge in [-0.05, 0) is 31.5 Å². The number of benzene rings is 1. The maximum Gasteiger partial charge on any atom is 0.322 e. The van der Waals surface area contributed by atoms with Crippen molar-refractivity contribution in [1.82, 2.24) is 9.80 Å². The second-order valence-electron chi connectivity index (χ2n) is 5.77. The predicted molar refractivity (Wildman–Crippen MR) is 81.8 cm³/mol. The normalized spacial score (nSPS) is 17.8. The molecule has 0 aromatic heterocycles. The number of carbonyl (C=O) groups is 2. The van der Waals surface area contributed by atoms with E-state index in [2.05, 4.69) is 5.32 Å². The number of nitrogens with two attached hydrogens (primary N) is 1. The predicted octanol–water partition coefficient (Wildman–Crippen LogP) is 1.23. The van der Waals surface area contributed by atoms with Crippen LogP contribution in [0, 0.1) is 0 Å². The summed E-state index contributed by atoms with van der Waals surface area (Å²) in [7, 11) is 1.75. The Hall–Kier alpha value is -2.08. The Morgan fingerprint density at radius 2 is 2.10 bits per heavy atom. The van der Waals surface area contributed by atoms with Gasteiger partial charge in [0.25, 0.3) is 0 Å². The molecule has 1 aromatic carbocycles. The van der Waals surface area contributed by atoms with Crippen LogP contribution in [0.25, 0.3) is 0 Å². The lowest BCUT2D eigenvalue weighted by Crippen LogP contribution is -2.64. The maximum absolute atomic E-state index is 12.4. The van der Waals surface area contributed by atoms with Gasteiger partial charge in [0.05, 0.1) is 0 Å². The first-order chi connectivity index (χ1) is 9.86. The van der Waals surface area contributed by atoms with Gasteiger partial charge in [-0.15, -0.1) is 0 Å². The topological polar surface area (TPSA) is 78.7 Å². The maximum atomic E-state index is 12.4. The highest BCUT2D eigenvalue weighted by atomic mass is 16.2. The molecule has 6 nitrogen and oxygen atoms in total. The van der Waals surface area contributed by atoms with Crippen LogP contribution in [0.1, 0.15) is 19.4 Å². The fourth-order valence-corrected chi connectivity index (χ4v) is 2.54. The fourth-order valence-electron chi connectivity index (χ4n) is 2.54. The van der Waals surface area contributed by atoms with Crippen molar-refractivity contribution in [2.45, 2.75) is 25.9 Å². The third-order valence-electron chi connectivity index (χ3n) is 3.86. The third kappa shape index (κ3) is 3.00. The summed E-state index contributed by atoms with van der Waals surface area (Å²) in [5.41, 5.74) is 6.38. The number of likely N-dealkylation sites (N-methyl/N-ethyl adjacent to an activating group) is 1. The summed E-state index contributed by atoms with van der Waals surface area (Å²) in [5, 5.41) is 2.84. The Morgan fingerprint density at radius 3 is 2.76 bits per heavy atom. The summed E-state index contributed by atoms with van der Waals surface area (Å²) in [6.07, 6.45) is 0. The van der Waals surface area contributed by atoms with Crippen molar-refractivity contribution in [3.05, 3.63) is 29.8 Å². The zero-order valence-corrected chi connectivity index (χ0v) is 12.7. The van der Waals surface area contributed by atoms with Crippen LogP contribution in [-0.4, -0.2) is 47.4 Å². The van der Waals surface area contributed by atoms with Gasteiger partial charge in [0, 0.05) is 32.4 Å². The SMILES string of the molecule is CN1CCN(C(=O)Nc2cccc(CN)c2)C(C)(C)C1=O. The lowest BCUT2D eigenvalue weighted by Gasteiger charge is -2.44. The highest BCUT2D eigenvalue weighted by Crippen LogP contribution is 2.23. The minimum absolute atomic E-state index is 0.0559. The van der Waals surface area contributed by atoms with Gasteiger partial charge >= 0.3 is 6.03 Å². The molecule has 1 aliphatic rings. The van der Waals surface area contributed by atoms with Crippen molar-refractivity contribution >= 4 is 17.6 Å². The number of piperazine rings is 1. The van der Waals surface area contributed by atoms with E-state index in [1.165, 1.54) is 0 Å². The van der Waals surface area contributed by atoms with E-state index in [0.717, 1.165) is 5.56 Å². The molecule has 0 unspecified atom stereocenters. The zero-order chi connectivity index (χ0) is 15.6. The lowest BCUT2D eigenvalue weighted by molar-refractivity contribution is -0.144. The minimum Gasteiger partial charge on any atom is -0.342 e. The molecule has 3 amide bonds. The number of carbonyl (C=O) groups excluding carboxylic acids is 2. The summed E-state index contributed by atoms with van der Waals surface area (Å²) >= 11 is 0. The number of rotatable bonds is 2. The molecule has 0 spiro atoms. The van der Waals surface area contributed by atoms with Crippen molar-refractivity contribution in [1.29, 1.82) is 0 Å². The quantitative estimate of drug-likeness (QED) is 0.860. The van der Waals surface area contributed by atoms with Gasteiger partial charge in [0.1, 0.15) is 5.54 Å². The second-order valence-corrected chi connectivity index (χ2v) is 5.77. The molecular weight excluding hydrogens is 268 g/mol. The van der Waals surface area contributed by atoms with Gasteiger partial charge < -0.3 is 20.9 Å². The number of hydrogen-bond donors (Lipinski definition) is 2. The molecule has 1 heterocycles. The Bertz CT molecular complexity index is 556. The van der Waals surface area contributed by atoms with Gasteiger partial charge in [-0.25, -0.2) is 4.79 Å². The summed E-state index contributed by atoms with van der Waals surface area (Å²) in [4.78, 5) is 27.9. The first-order valence-electron chi connectivity index (χ1n) is 6.99. The molecule has 3 N–H and O–H groups in total. The Labute approximate surface area is 124 Å². The standard InChI is InChI=1S/C15H22N4O2/c1-15(2)13(20)18(3)7-8-19(15)14(21)17-12-6-4-5-11(9-12)10-16/h4-6,9H,7-8,10,16H2,1-3H3,(H,17,21). The Kier molecular flexibility index (Phi) is 4.18. The molecule has 114 valence electrons. The van der Waals surface area contributed by atoms with Gasteiger partial charge in [0.15, 0.2) is 0 Å². The van der Waals surface area contributed by atoms with Gasteiger partial charge in [-0.3, -0.25) is 4.79 Å². The highest BCUT2D eigenvalue weighted by Gasteiger charge is 2.43. The van der Waals surface area contributed by atoms with E-state index >= 15 is 0 Å². The van der Waals surface area contributed by atoms with Gasteiger partial charge in [-0.2, -0.15) is 0 Å². The smallest absolute Gasteiger partial charge is 0.322 e. The molecule has 0 atom stereocenters. The minimum atomic E-state index is -0.845. The van der Waals surface area contributed by atoms with E-state index in [1.54, 1.807) is 30.7 Å². The molecule has 1 aliphatic heterocycles. The number of amides is 3. The van der Waals surface area contributed by atoms with Gasteiger partial charge in [-0.1, -0.05) is 12.1 Å². The number of hydrogen-bond acceptors (Lipinski definition) is 3. The fraction of sp³-hybridized carbons (Fsp3) is 0.467. The molecule has 21 heavy (non-hydrogen) atoms. The van der Waals surface area contributed by atoms with Crippen molar-refractivity contribution in [2.75, 3.05) is 25.5 Å². The van der Waals surface area contributed by atoms with Crippen LogP contribution in [-0.2, 0) is 11.3 Å². The molecular formula is C15H22N4O2. The lowest BCUT2D eigenvalue weighted by atomic mass is 9.98. The summed E-state index contributed by atoms with van der Waals surface area (Å²) < 4.78 is 0. The third-order valence-corrected chi connectivity index (χ3v) is 3.86. The van der Waals surface area contributed by atoms with Crippen LogP contribution < -0.4 is 11.1 Å². The van der Waals surface area contributed by atoms with Crippen molar-refractivity contribution < 1.29 is 9.59 Å². The van der Waals surface area contributed by atoms with Crippen molar-refractivity contribution in [3.63, 3.8) is 0 Å². The van der Waals surface area contributed by atoms with Crippen LogP contribution in [0.15, 0.2) is 24.3 Å². The molecule has 0 radical (unpaired) electrons. The molecule has 0 aliphatic carbocycles. The van der Waals surface area contributed by atoms with E-state index < -0.39 is 5.54 Å². The number of nitrogens with one attached hydrogen (secondary N) is 1. The molecule has 1 fully saturated rings. The highest BCUT2D eigenvalue weighted by molar-refractivity contribution is 5.96. The summed E-state index contributed by atoms with van der Waals surface area (Å²) in [6.45, 7) is 5.00. The first-order valence-corrected chi connectivity index (χ1v) is 6.99. The summed E-state index contributed by atoms with van der Waals surface area (Å²) in [5.74, 6) is -0.0559. The van der Waals surface area contributed by atoms with Crippen LogP contribution >= 0.6 is 0 Å². The van der Waals surface area contributed by atoms with Crippen LogP contribution in [0.2, 0.25) is 0 Å².